The highest BCUT2D eigenvalue weighted by Gasteiger charge is 2.04. The summed E-state index contributed by atoms with van der Waals surface area (Å²) in [6, 6.07) is 8.19. The lowest BCUT2D eigenvalue weighted by Crippen LogP contribution is -2.19. The van der Waals surface area contributed by atoms with Crippen LogP contribution in [0.2, 0.25) is 0 Å². The molecule has 4 heteroatoms. The van der Waals surface area contributed by atoms with Crippen molar-refractivity contribution in [1.82, 2.24) is 10.3 Å². The molecular weight excluding hydrogens is 254 g/mol. The van der Waals surface area contributed by atoms with Crippen molar-refractivity contribution in [3.63, 3.8) is 0 Å². The standard InChI is InChI=1S/C15H21N3S/c1-12(13-2-4-14(16)5-3-13)6-8-17-9-7-15-18-10-11-19-15/h2-5,10-12,17H,6-9,16H2,1H3. The zero-order chi connectivity index (χ0) is 13.5. The van der Waals surface area contributed by atoms with Crippen LogP contribution in [-0.2, 0) is 6.42 Å². The lowest BCUT2D eigenvalue weighted by atomic mass is 9.98. The molecule has 2 rings (SSSR count). The minimum atomic E-state index is 0.563. The first-order valence-corrected chi connectivity index (χ1v) is 7.58. The van der Waals surface area contributed by atoms with Crippen molar-refractivity contribution < 1.29 is 0 Å². The molecule has 3 nitrogen and oxygen atoms in total. The van der Waals surface area contributed by atoms with Crippen molar-refractivity contribution in [2.75, 3.05) is 18.8 Å². The molecule has 102 valence electrons. The van der Waals surface area contributed by atoms with E-state index in [4.69, 9.17) is 5.73 Å². The first kappa shape index (κ1) is 14.0. The van der Waals surface area contributed by atoms with E-state index in [-0.39, 0.29) is 0 Å². The lowest BCUT2D eigenvalue weighted by molar-refractivity contribution is 0.595. The second-order valence-electron chi connectivity index (χ2n) is 4.78. The van der Waals surface area contributed by atoms with Crippen LogP contribution in [0.25, 0.3) is 0 Å². The molecule has 0 radical (unpaired) electrons. The largest absolute Gasteiger partial charge is 0.399 e. The molecule has 0 amide bonds. The Balaban J connectivity index is 1.63. The minimum Gasteiger partial charge on any atom is -0.399 e. The highest BCUT2D eigenvalue weighted by atomic mass is 32.1. The topological polar surface area (TPSA) is 50.9 Å². The number of rotatable bonds is 7. The highest BCUT2D eigenvalue weighted by molar-refractivity contribution is 7.09. The van der Waals surface area contributed by atoms with E-state index in [9.17, 15) is 0 Å². The third-order valence-corrected chi connectivity index (χ3v) is 4.10. The van der Waals surface area contributed by atoms with E-state index in [1.807, 2.05) is 23.7 Å². The highest BCUT2D eigenvalue weighted by Crippen LogP contribution is 2.19. The number of hydrogen-bond donors (Lipinski definition) is 2. The molecule has 0 spiro atoms. The van der Waals surface area contributed by atoms with Crippen molar-refractivity contribution in [2.24, 2.45) is 0 Å². The monoisotopic (exact) mass is 275 g/mol. The number of hydrogen-bond acceptors (Lipinski definition) is 4. The Morgan fingerprint density at radius 2 is 2.05 bits per heavy atom. The average molecular weight is 275 g/mol. The molecule has 0 saturated heterocycles. The molecule has 0 aliphatic rings. The average Bonchev–Trinajstić information content (AvgIpc) is 2.92. The fourth-order valence-corrected chi connectivity index (χ4v) is 2.63. The van der Waals surface area contributed by atoms with E-state index in [1.165, 1.54) is 10.6 Å². The molecule has 0 saturated carbocycles. The Bertz CT molecular complexity index is 465. The Morgan fingerprint density at radius 3 is 2.74 bits per heavy atom. The molecule has 1 heterocycles. The van der Waals surface area contributed by atoms with E-state index in [2.05, 4.69) is 29.4 Å². The van der Waals surface area contributed by atoms with Crippen LogP contribution >= 0.6 is 11.3 Å². The fraction of sp³-hybridized carbons (Fsp3) is 0.400. The van der Waals surface area contributed by atoms with Gasteiger partial charge in [-0.2, -0.15) is 0 Å². The predicted octanol–water partition coefficient (Wildman–Crippen LogP) is 3.05. The Hall–Kier alpha value is -1.39. The van der Waals surface area contributed by atoms with Gasteiger partial charge in [0.1, 0.15) is 0 Å². The summed E-state index contributed by atoms with van der Waals surface area (Å²) in [6.07, 6.45) is 4.03. The molecule has 1 aromatic carbocycles. The maximum Gasteiger partial charge on any atom is 0.0937 e. The van der Waals surface area contributed by atoms with Crippen molar-refractivity contribution in [3.05, 3.63) is 46.4 Å². The Kier molecular flexibility index (Phi) is 5.36. The van der Waals surface area contributed by atoms with Crippen molar-refractivity contribution >= 4 is 17.0 Å². The molecule has 1 unspecified atom stereocenters. The van der Waals surface area contributed by atoms with Crippen LogP contribution < -0.4 is 11.1 Å². The van der Waals surface area contributed by atoms with Gasteiger partial charge in [0.05, 0.1) is 5.01 Å². The van der Waals surface area contributed by atoms with E-state index in [0.717, 1.165) is 31.6 Å². The third-order valence-electron chi connectivity index (χ3n) is 3.26. The van der Waals surface area contributed by atoms with Crippen LogP contribution in [0.3, 0.4) is 0 Å². The van der Waals surface area contributed by atoms with Gasteiger partial charge in [0.2, 0.25) is 0 Å². The summed E-state index contributed by atoms with van der Waals surface area (Å²) in [5, 5.41) is 6.71. The van der Waals surface area contributed by atoms with Gasteiger partial charge in [0, 0.05) is 30.2 Å². The van der Waals surface area contributed by atoms with Crippen molar-refractivity contribution in [2.45, 2.75) is 25.7 Å². The number of thiazole rings is 1. The zero-order valence-corrected chi connectivity index (χ0v) is 12.1. The van der Waals surface area contributed by atoms with E-state index in [0.29, 0.717) is 5.92 Å². The number of aromatic nitrogens is 1. The molecular formula is C15H21N3S. The van der Waals surface area contributed by atoms with Gasteiger partial charge in [0.25, 0.3) is 0 Å². The molecule has 19 heavy (non-hydrogen) atoms. The van der Waals surface area contributed by atoms with Gasteiger partial charge in [-0.25, -0.2) is 4.98 Å². The first-order chi connectivity index (χ1) is 9.25. The number of benzene rings is 1. The summed E-state index contributed by atoms with van der Waals surface area (Å²) in [4.78, 5) is 4.27. The molecule has 3 N–H and O–H groups in total. The molecule has 0 aliphatic carbocycles. The summed E-state index contributed by atoms with van der Waals surface area (Å²) in [6.45, 7) is 4.30. The van der Waals surface area contributed by atoms with Gasteiger partial charge < -0.3 is 11.1 Å². The second kappa shape index (κ2) is 7.26. The molecule has 1 atom stereocenters. The second-order valence-corrected chi connectivity index (χ2v) is 5.76. The number of nitrogens with two attached hydrogens (primary N) is 1. The molecule has 2 aromatic rings. The smallest absolute Gasteiger partial charge is 0.0937 e. The first-order valence-electron chi connectivity index (χ1n) is 6.70. The summed E-state index contributed by atoms with van der Waals surface area (Å²) < 4.78 is 0. The van der Waals surface area contributed by atoms with Crippen LogP contribution in [-0.4, -0.2) is 18.1 Å². The predicted molar refractivity (Wildman–Crippen MR) is 82.6 cm³/mol. The molecule has 0 bridgehead atoms. The van der Waals surface area contributed by atoms with Crippen molar-refractivity contribution in [1.29, 1.82) is 0 Å². The number of nitrogen functional groups attached to an aromatic ring is 1. The van der Waals surface area contributed by atoms with Gasteiger partial charge in [-0.15, -0.1) is 11.3 Å². The zero-order valence-electron chi connectivity index (χ0n) is 11.3. The number of nitrogens with one attached hydrogen (secondary N) is 1. The van der Waals surface area contributed by atoms with Gasteiger partial charge in [0.15, 0.2) is 0 Å². The summed E-state index contributed by atoms with van der Waals surface area (Å²) in [5.74, 6) is 0.563. The van der Waals surface area contributed by atoms with Crippen LogP contribution in [0.5, 0.6) is 0 Å². The minimum absolute atomic E-state index is 0.563. The van der Waals surface area contributed by atoms with Gasteiger partial charge in [-0.3, -0.25) is 0 Å². The number of nitrogens with zero attached hydrogens (tertiary/aromatic N) is 1. The van der Waals surface area contributed by atoms with E-state index < -0.39 is 0 Å². The summed E-state index contributed by atoms with van der Waals surface area (Å²) in [7, 11) is 0. The SMILES string of the molecule is CC(CCNCCc1nccs1)c1ccc(N)cc1. The molecule has 1 aromatic heterocycles. The van der Waals surface area contributed by atoms with Gasteiger partial charge >= 0.3 is 0 Å². The number of anilines is 1. The van der Waals surface area contributed by atoms with E-state index in [1.54, 1.807) is 11.3 Å². The van der Waals surface area contributed by atoms with Gasteiger partial charge in [-0.05, 0) is 36.6 Å². The third kappa shape index (κ3) is 4.65. The van der Waals surface area contributed by atoms with Crippen LogP contribution in [0.15, 0.2) is 35.8 Å². The normalized spacial score (nSPS) is 12.5. The molecule has 0 aliphatic heterocycles. The van der Waals surface area contributed by atoms with Crippen LogP contribution in [0.1, 0.15) is 29.8 Å². The van der Waals surface area contributed by atoms with Crippen molar-refractivity contribution in [3.8, 4) is 0 Å². The van der Waals surface area contributed by atoms with Crippen LogP contribution in [0, 0.1) is 0 Å². The summed E-state index contributed by atoms with van der Waals surface area (Å²) in [5.41, 5.74) is 7.88. The van der Waals surface area contributed by atoms with Gasteiger partial charge in [-0.1, -0.05) is 19.1 Å². The quantitative estimate of drug-likeness (QED) is 0.603. The maximum absolute atomic E-state index is 5.70. The maximum atomic E-state index is 5.70. The fourth-order valence-electron chi connectivity index (χ4n) is 2.01. The summed E-state index contributed by atoms with van der Waals surface area (Å²) >= 11 is 1.72. The van der Waals surface area contributed by atoms with Crippen LogP contribution in [0.4, 0.5) is 5.69 Å². The molecule has 0 fully saturated rings. The lowest BCUT2D eigenvalue weighted by Gasteiger charge is -2.12. The Morgan fingerprint density at radius 1 is 1.26 bits per heavy atom. The Labute approximate surface area is 118 Å². The van der Waals surface area contributed by atoms with E-state index >= 15 is 0 Å².